The third-order valence-electron chi connectivity index (χ3n) is 3.01. The van der Waals surface area contributed by atoms with Gasteiger partial charge in [-0.2, -0.15) is 5.10 Å². The molecule has 102 valence electrons. The second-order valence-electron chi connectivity index (χ2n) is 4.59. The summed E-state index contributed by atoms with van der Waals surface area (Å²) in [5.41, 5.74) is 6.20. The summed E-state index contributed by atoms with van der Waals surface area (Å²) in [7, 11) is 0. The maximum atomic E-state index is 12.0. The SMILES string of the molecule is CCC(=NNC(=O)c1cccc(C)c1)c1ccccc1. The molecule has 2 rings (SSSR count). The van der Waals surface area contributed by atoms with Gasteiger partial charge in [0.1, 0.15) is 0 Å². The molecule has 0 fully saturated rings. The molecule has 0 unspecified atom stereocenters. The van der Waals surface area contributed by atoms with Crippen molar-refractivity contribution in [3.8, 4) is 0 Å². The number of hydrogen-bond donors (Lipinski definition) is 1. The maximum absolute atomic E-state index is 12.0. The van der Waals surface area contributed by atoms with E-state index in [9.17, 15) is 4.79 Å². The van der Waals surface area contributed by atoms with Crippen LogP contribution in [0.4, 0.5) is 0 Å². The molecule has 0 spiro atoms. The van der Waals surface area contributed by atoms with Crippen molar-refractivity contribution < 1.29 is 4.79 Å². The first kappa shape index (κ1) is 14.0. The van der Waals surface area contributed by atoms with Crippen LogP contribution in [-0.2, 0) is 0 Å². The average Bonchev–Trinajstić information content (AvgIpc) is 2.49. The lowest BCUT2D eigenvalue weighted by Gasteiger charge is -2.05. The molecule has 0 bridgehead atoms. The second-order valence-corrected chi connectivity index (χ2v) is 4.59. The van der Waals surface area contributed by atoms with Gasteiger partial charge in [0.2, 0.25) is 0 Å². The molecule has 0 aliphatic carbocycles. The molecule has 0 saturated heterocycles. The number of nitrogens with one attached hydrogen (secondary N) is 1. The highest BCUT2D eigenvalue weighted by Gasteiger charge is 2.05. The first-order chi connectivity index (χ1) is 9.70. The number of hydrazone groups is 1. The molecule has 1 amide bonds. The Morgan fingerprint density at radius 2 is 1.75 bits per heavy atom. The van der Waals surface area contributed by atoms with Gasteiger partial charge in [-0.3, -0.25) is 4.79 Å². The Morgan fingerprint density at radius 1 is 1.05 bits per heavy atom. The Labute approximate surface area is 119 Å². The molecule has 20 heavy (non-hydrogen) atoms. The van der Waals surface area contributed by atoms with Crippen molar-refractivity contribution in [3.05, 3.63) is 71.3 Å². The predicted molar refractivity (Wildman–Crippen MR) is 81.9 cm³/mol. The van der Waals surface area contributed by atoms with Crippen molar-refractivity contribution >= 4 is 11.6 Å². The molecule has 0 aromatic heterocycles. The van der Waals surface area contributed by atoms with Gasteiger partial charge in [-0.25, -0.2) is 5.43 Å². The summed E-state index contributed by atoms with van der Waals surface area (Å²) in [5, 5.41) is 4.24. The first-order valence-corrected chi connectivity index (χ1v) is 6.69. The van der Waals surface area contributed by atoms with Crippen LogP contribution in [0.3, 0.4) is 0 Å². The smallest absolute Gasteiger partial charge is 0.267 e. The minimum absolute atomic E-state index is 0.185. The molecule has 3 heteroatoms. The van der Waals surface area contributed by atoms with Gasteiger partial charge < -0.3 is 0 Å². The molecule has 3 nitrogen and oxygen atoms in total. The Balaban J connectivity index is 2.13. The van der Waals surface area contributed by atoms with Crippen LogP contribution in [0.25, 0.3) is 0 Å². The third-order valence-corrected chi connectivity index (χ3v) is 3.01. The molecule has 0 atom stereocenters. The van der Waals surface area contributed by atoms with Crippen molar-refractivity contribution in [2.24, 2.45) is 5.10 Å². The number of rotatable bonds is 4. The quantitative estimate of drug-likeness (QED) is 0.667. The van der Waals surface area contributed by atoms with E-state index in [1.807, 2.05) is 62.4 Å². The van der Waals surface area contributed by atoms with Gasteiger partial charge in [0.25, 0.3) is 5.91 Å². The largest absolute Gasteiger partial charge is 0.271 e. The lowest BCUT2D eigenvalue weighted by atomic mass is 10.1. The van der Waals surface area contributed by atoms with Crippen molar-refractivity contribution in [3.63, 3.8) is 0 Å². The number of benzene rings is 2. The highest BCUT2D eigenvalue weighted by Crippen LogP contribution is 2.06. The Morgan fingerprint density at radius 3 is 2.40 bits per heavy atom. The van der Waals surface area contributed by atoms with E-state index in [1.165, 1.54) is 0 Å². The number of aryl methyl sites for hydroxylation is 1. The van der Waals surface area contributed by atoms with Crippen LogP contribution in [0.1, 0.15) is 34.8 Å². The van der Waals surface area contributed by atoms with Crippen LogP contribution in [0, 0.1) is 6.92 Å². The van der Waals surface area contributed by atoms with Gasteiger partial charge in [-0.1, -0.05) is 55.0 Å². The zero-order valence-electron chi connectivity index (χ0n) is 11.8. The van der Waals surface area contributed by atoms with Gasteiger partial charge in [0, 0.05) is 5.56 Å². The highest BCUT2D eigenvalue weighted by molar-refractivity contribution is 6.02. The number of nitrogens with zero attached hydrogens (tertiary/aromatic N) is 1. The zero-order valence-corrected chi connectivity index (χ0v) is 11.8. The molecule has 0 radical (unpaired) electrons. The molecule has 0 aliphatic rings. The fourth-order valence-corrected chi connectivity index (χ4v) is 1.95. The van der Waals surface area contributed by atoms with E-state index < -0.39 is 0 Å². The summed E-state index contributed by atoms with van der Waals surface area (Å²) in [6.07, 6.45) is 0.762. The van der Waals surface area contributed by atoms with Crippen LogP contribution in [-0.4, -0.2) is 11.6 Å². The lowest BCUT2D eigenvalue weighted by molar-refractivity contribution is 0.0954. The molecule has 0 aliphatic heterocycles. The van der Waals surface area contributed by atoms with E-state index >= 15 is 0 Å². The first-order valence-electron chi connectivity index (χ1n) is 6.69. The van der Waals surface area contributed by atoms with Crippen molar-refractivity contribution in [1.29, 1.82) is 0 Å². The van der Waals surface area contributed by atoms with Crippen molar-refractivity contribution in [2.75, 3.05) is 0 Å². The van der Waals surface area contributed by atoms with Crippen LogP contribution in [0.15, 0.2) is 59.7 Å². The molecule has 1 N–H and O–H groups in total. The number of hydrogen-bond acceptors (Lipinski definition) is 2. The summed E-state index contributed by atoms with van der Waals surface area (Å²) >= 11 is 0. The average molecular weight is 266 g/mol. The third kappa shape index (κ3) is 3.54. The van der Waals surface area contributed by atoms with Crippen molar-refractivity contribution in [1.82, 2.24) is 5.43 Å². The minimum Gasteiger partial charge on any atom is -0.267 e. The van der Waals surface area contributed by atoms with E-state index in [0.29, 0.717) is 5.56 Å². The molecular formula is C17H18N2O. The predicted octanol–water partition coefficient (Wildman–Crippen LogP) is 3.54. The summed E-state index contributed by atoms with van der Waals surface area (Å²) in [5.74, 6) is -0.185. The normalized spacial score (nSPS) is 11.2. The van der Waals surface area contributed by atoms with Crippen LogP contribution in [0.2, 0.25) is 0 Å². The number of carbonyl (C=O) groups is 1. The van der Waals surface area contributed by atoms with Gasteiger partial charge in [-0.15, -0.1) is 0 Å². The Hall–Kier alpha value is -2.42. The van der Waals surface area contributed by atoms with Gasteiger partial charge in [0.05, 0.1) is 5.71 Å². The summed E-state index contributed by atoms with van der Waals surface area (Å²) in [6, 6.07) is 17.3. The Kier molecular flexibility index (Phi) is 4.66. The zero-order chi connectivity index (χ0) is 14.4. The fourth-order valence-electron chi connectivity index (χ4n) is 1.95. The number of carbonyl (C=O) groups excluding carboxylic acids is 1. The van der Waals surface area contributed by atoms with E-state index in [0.717, 1.165) is 23.3 Å². The Bertz CT molecular complexity index is 618. The van der Waals surface area contributed by atoms with Gasteiger partial charge in [-0.05, 0) is 31.0 Å². The highest BCUT2D eigenvalue weighted by atomic mass is 16.2. The van der Waals surface area contributed by atoms with Crippen LogP contribution in [0.5, 0.6) is 0 Å². The second kappa shape index (κ2) is 6.66. The molecule has 0 saturated carbocycles. The molecule has 2 aromatic rings. The van der Waals surface area contributed by atoms with Gasteiger partial charge in [0.15, 0.2) is 0 Å². The summed E-state index contributed by atoms with van der Waals surface area (Å²) in [6.45, 7) is 3.98. The van der Waals surface area contributed by atoms with Crippen LogP contribution < -0.4 is 5.43 Å². The van der Waals surface area contributed by atoms with Crippen molar-refractivity contribution in [2.45, 2.75) is 20.3 Å². The van der Waals surface area contributed by atoms with Gasteiger partial charge >= 0.3 is 0 Å². The topological polar surface area (TPSA) is 41.5 Å². The monoisotopic (exact) mass is 266 g/mol. The standard InChI is InChI=1S/C17H18N2O/c1-3-16(14-9-5-4-6-10-14)18-19-17(20)15-11-7-8-13(2)12-15/h4-12H,3H2,1-2H3,(H,19,20). The summed E-state index contributed by atoms with van der Waals surface area (Å²) < 4.78 is 0. The lowest BCUT2D eigenvalue weighted by Crippen LogP contribution is -2.20. The number of amides is 1. The fraction of sp³-hybridized carbons (Fsp3) is 0.176. The molecule has 0 heterocycles. The molecule has 2 aromatic carbocycles. The van der Waals surface area contributed by atoms with E-state index in [4.69, 9.17) is 0 Å². The van der Waals surface area contributed by atoms with E-state index in [2.05, 4.69) is 10.5 Å². The van der Waals surface area contributed by atoms with E-state index in [1.54, 1.807) is 6.07 Å². The van der Waals surface area contributed by atoms with Crippen LogP contribution >= 0.6 is 0 Å². The maximum Gasteiger partial charge on any atom is 0.271 e. The minimum atomic E-state index is -0.185. The van der Waals surface area contributed by atoms with E-state index in [-0.39, 0.29) is 5.91 Å². The molecular weight excluding hydrogens is 248 g/mol. The summed E-state index contributed by atoms with van der Waals surface area (Å²) in [4.78, 5) is 12.0.